The van der Waals surface area contributed by atoms with Crippen molar-refractivity contribution in [2.75, 3.05) is 16.2 Å². The van der Waals surface area contributed by atoms with Gasteiger partial charge in [-0.25, -0.2) is 17.6 Å². The van der Waals surface area contributed by atoms with E-state index in [-0.39, 0.29) is 5.69 Å². The van der Waals surface area contributed by atoms with Crippen LogP contribution in [0.2, 0.25) is 0 Å². The Kier molecular flexibility index (Phi) is 7.85. The molecule has 3 rings (SSSR count). The molecule has 0 saturated carbocycles. The molecule has 1 amide bonds. The number of hydrogen-bond acceptors (Lipinski definition) is 6. The topological polar surface area (TPSA) is 134 Å². The first-order valence-electron chi connectivity index (χ1n) is 10.6. The first-order chi connectivity index (χ1) is 17.9. The molecule has 2 aromatic rings. The lowest BCUT2D eigenvalue weighted by Crippen LogP contribution is -2.52. The summed E-state index contributed by atoms with van der Waals surface area (Å²) in [4.78, 5) is 13.7. The average Bonchev–Trinajstić information content (AvgIpc) is 2.80. The molecular weight excluding hydrogens is 567 g/mol. The molecule has 10 nitrogen and oxygen atoms in total. The fourth-order valence-electron chi connectivity index (χ4n) is 3.32. The Bertz CT molecular complexity index is 1390. The molecule has 2 atom stereocenters. The van der Waals surface area contributed by atoms with E-state index >= 15 is 0 Å². The van der Waals surface area contributed by atoms with Crippen LogP contribution in [0.15, 0.2) is 52.5 Å². The zero-order chi connectivity index (χ0) is 29.4. The van der Waals surface area contributed by atoms with Crippen LogP contribution in [-0.2, 0) is 14.8 Å². The largest absolute Gasteiger partial charge is 0.486 e. The maximum atomic E-state index is 13.6. The molecule has 0 spiro atoms. The van der Waals surface area contributed by atoms with Crippen molar-refractivity contribution in [3.63, 3.8) is 0 Å². The number of nitrogens with one attached hydrogen (secondary N) is 1. The Morgan fingerprint density at radius 2 is 1.77 bits per heavy atom. The molecule has 212 valence electrons. The minimum atomic E-state index is -5.14. The summed E-state index contributed by atoms with van der Waals surface area (Å²) in [6, 6.07) is 3.32. The van der Waals surface area contributed by atoms with E-state index in [2.05, 4.69) is 14.8 Å². The fraction of sp³-hybridized carbons (Fsp3) is 0.381. The van der Waals surface area contributed by atoms with Crippen molar-refractivity contribution in [1.82, 2.24) is 0 Å². The third-order valence-electron chi connectivity index (χ3n) is 5.39. The number of nitrogens with zero attached hydrogens (tertiary/aromatic N) is 4. The number of fused-ring (bicyclic) bond motifs is 1. The molecule has 1 N–H and O–H groups in total. The van der Waals surface area contributed by atoms with Crippen molar-refractivity contribution >= 4 is 27.5 Å². The number of hydrogen-bond donors (Lipinski definition) is 1. The summed E-state index contributed by atoms with van der Waals surface area (Å²) in [6.45, 7) is 0.126. The summed E-state index contributed by atoms with van der Waals surface area (Å²) < 4.78 is 130. The summed E-state index contributed by atoms with van der Waals surface area (Å²) in [5, 5.41) is 4.68. The molecule has 2 aromatic carbocycles. The van der Waals surface area contributed by atoms with E-state index < -0.39 is 74.9 Å². The quantitative estimate of drug-likeness (QED) is 0.195. The highest BCUT2D eigenvalue weighted by molar-refractivity contribution is 7.92. The van der Waals surface area contributed by atoms with E-state index in [0.29, 0.717) is 18.2 Å². The molecule has 0 radical (unpaired) electrons. The van der Waals surface area contributed by atoms with Crippen molar-refractivity contribution in [3.05, 3.63) is 58.7 Å². The normalized spacial score (nSPS) is 16.8. The maximum absolute atomic E-state index is 13.6. The number of halogens is 7. The highest BCUT2D eigenvalue weighted by Crippen LogP contribution is 2.42. The van der Waals surface area contributed by atoms with Crippen molar-refractivity contribution in [1.29, 1.82) is 0 Å². The van der Waals surface area contributed by atoms with Crippen LogP contribution in [0, 0.1) is 5.82 Å². The van der Waals surface area contributed by atoms with E-state index in [9.17, 15) is 43.9 Å². The van der Waals surface area contributed by atoms with Crippen LogP contribution in [0.4, 0.5) is 46.9 Å². The second-order valence-corrected chi connectivity index (χ2v) is 10.4. The lowest BCUT2D eigenvalue weighted by Gasteiger charge is -2.38. The zero-order valence-electron chi connectivity index (χ0n) is 19.8. The second kappa shape index (κ2) is 10.3. The van der Waals surface area contributed by atoms with Crippen LogP contribution < -0.4 is 14.4 Å². The lowest BCUT2D eigenvalue weighted by atomic mass is 10.1. The van der Waals surface area contributed by atoms with Gasteiger partial charge in [-0.15, -0.1) is 0 Å². The minimum absolute atomic E-state index is 0.305. The monoisotopic (exact) mass is 585 g/mol. The molecule has 0 saturated heterocycles. The summed E-state index contributed by atoms with van der Waals surface area (Å²) in [5.74, 6) is -1.27. The number of alkyl halides is 6. The van der Waals surface area contributed by atoms with Gasteiger partial charge in [-0.3, -0.25) is 9.62 Å². The van der Waals surface area contributed by atoms with Gasteiger partial charge in [-0.2, -0.15) is 26.3 Å². The molecule has 2 unspecified atom stereocenters. The standard InChI is InChI=1S/C21H18F7N5O5S/c1-19(2,21(26,27)28)38-18(34)30-12-5-8-15-14(9-12)33(39(35,36)13-6-3-11(22)4-7-13)10-16(37-15)17(31-32-29)20(23,24)25/h3-9,16-17H,10H2,1-2H3,(H,30,34). The SMILES string of the molecule is CC(C)(OC(=O)Nc1ccc2c(c1)N(S(=O)(=O)c1ccc(F)cc1)CC(C(N=[N+]=[N-])C(F)(F)F)O2)C(F)(F)F. The van der Waals surface area contributed by atoms with Gasteiger partial charge in [0.25, 0.3) is 10.0 Å². The van der Waals surface area contributed by atoms with Crippen molar-refractivity contribution in [3.8, 4) is 5.75 Å². The predicted octanol–water partition coefficient (Wildman–Crippen LogP) is 5.91. The van der Waals surface area contributed by atoms with Gasteiger partial charge in [-0.1, -0.05) is 5.11 Å². The maximum Gasteiger partial charge on any atom is 0.427 e. The van der Waals surface area contributed by atoms with Crippen LogP contribution in [0.5, 0.6) is 5.75 Å². The van der Waals surface area contributed by atoms with Gasteiger partial charge in [0, 0.05) is 10.6 Å². The summed E-state index contributed by atoms with van der Waals surface area (Å²) in [7, 11) is -4.72. The number of carbonyl (C=O) groups excluding carboxylic acids is 1. The minimum Gasteiger partial charge on any atom is -0.486 e. The van der Waals surface area contributed by atoms with Gasteiger partial charge < -0.3 is 9.47 Å². The van der Waals surface area contributed by atoms with Crippen LogP contribution in [0.3, 0.4) is 0 Å². The van der Waals surface area contributed by atoms with Crippen molar-refractivity contribution in [2.24, 2.45) is 5.11 Å². The molecule has 39 heavy (non-hydrogen) atoms. The van der Waals surface area contributed by atoms with Gasteiger partial charge >= 0.3 is 18.4 Å². The molecule has 0 fully saturated rings. The number of carbonyl (C=O) groups is 1. The number of sulfonamides is 1. The van der Waals surface area contributed by atoms with E-state index in [1.54, 1.807) is 0 Å². The predicted molar refractivity (Wildman–Crippen MR) is 121 cm³/mol. The molecule has 0 aliphatic carbocycles. The number of anilines is 2. The van der Waals surface area contributed by atoms with E-state index in [4.69, 9.17) is 10.3 Å². The van der Waals surface area contributed by atoms with Gasteiger partial charge in [0.2, 0.25) is 5.60 Å². The zero-order valence-corrected chi connectivity index (χ0v) is 20.6. The lowest BCUT2D eigenvalue weighted by molar-refractivity contribution is -0.242. The second-order valence-electron chi connectivity index (χ2n) is 8.54. The molecule has 1 aliphatic rings. The molecule has 18 heteroatoms. The number of ether oxygens (including phenoxy) is 2. The average molecular weight is 585 g/mol. The molecule has 1 heterocycles. The Morgan fingerprint density at radius 1 is 1.15 bits per heavy atom. The van der Waals surface area contributed by atoms with Gasteiger partial charge in [0.15, 0.2) is 6.04 Å². The highest BCUT2D eigenvalue weighted by Gasteiger charge is 2.51. The van der Waals surface area contributed by atoms with Crippen molar-refractivity contribution in [2.45, 2.75) is 48.8 Å². The smallest absolute Gasteiger partial charge is 0.427 e. The van der Waals surface area contributed by atoms with Crippen LogP contribution in [0.25, 0.3) is 10.4 Å². The molecule has 0 aromatic heterocycles. The summed E-state index contributed by atoms with van der Waals surface area (Å²) >= 11 is 0. The van der Waals surface area contributed by atoms with Crippen LogP contribution in [0.1, 0.15) is 13.8 Å². The van der Waals surface area contributed by atoms with Crippen LogP contribution in [-0.4, -0.2) is 51.2 Å². The number of amides is 1. The van der Waals surface area contributed by atoms with E-state index in [1.165, 1.54) is 0 Å². The van der Waals surface area contributed by atoms with Crippen LogP contribution >= 0.6 is 0 Å². The Hall–Kier alpha value is -3.92. The third-order valence-corrected chi connectivity index (χ3v) is 7.19. The third kappa shape index (κ3) is 6.39. The fourth-order valence-corrected chi connectivity index (χ4v) is 4.80. The summed E-state index contributed by atoms with van der Waals surface area (Å²) in [5.41, 5.74) is 4.99. The molecule has 0 bridgehead atoms. The van der Waals surface area contributed by atoms with E-state index in [1.807, 2.05) is 5.32 Å². The first-order valence-corrected chi connectivity index (χ1v) is 12.1. The van der Waals surface area contributed by atoms with Crippen molar-refractivity contribution < 1.29 is 53.4 Å². The van der Waals surface area contributed by atoms with Gasteiger partial charge in [0.1, 0.15) is 17.7 Å². The Labute approximate surface area is 216 Å². The Balaban J connectivity index is 2.06. The number of rotatable bonds is 6. The molecular formula is C21H18F7N5O5S. The number of azide groups is 1. The summed E-state index contributed by atoms with van der Waals surface area (Å²) in [6.07, 6.45) is -13.7. The highest BCUT2D eigenvalue weighted by atomic mass is 32.2. The van der Waals surface area contributed by atoms with Gasteiger partial charge in [0.05, 0.1) is 17.1 Å². The van der Waals surface area contributed by atoms with Gasteiger partial charge in [-0.05, 0) is 61.8 Å². The van der Waals surface area contributed by atoms with E-state index in [0.717, 1.165) is 42.5 Å². The number of benzene rings is 2. The first kappa shape index (κ1) is 29.6. The Morgan fingerprint density at radius 3 is 2.31 bits per heavy atom. The molecule has 1 aliphatic heterocycles.